The summed E-state index contributed by atoms with van der Waals surface area (Å²) in [4.78, 5) is 15.9. The quantitative estimate of drug-likeness (QED) is 0.502. The monoisotopic (exact) mass is 321 g/mol. The molecule has 0 unspecified atom stereocenters. The van der Waals surface area contributed by atoms with Crippen LogP contribution in [0.3, 0.4) is 0 Å². The molecule has 22 heavy (non-hydrogen) atoms. The van der Waals surface area contributed by atoms with Gasteiger partial charge in [0.1, 0.15) is 5.82 Å². The molecule has 1 fully saturated rings. The van der Waals surface area contributed by atoms with Crippen LogP contribution in [0.4, 0.5) is 10.2 Å². The minimum atomic E-state index is -0.408. The molecule has 0 radical (unpaired) electrons. The Labute approximate surface area is 133 Å². The van der Waals surface area contributed by atoms with E-state index in [1.54, 1.807) is 24.0 Å². The van der Waals surface area contributed by atoms with E-state index in [9.17, 15) is 4.39 Å². The number of nitrogens with one attached hydrogen (secondary N) is 1. The Balaban J connectivity index is 1.37. The van der Waals surface area contributed by atoms with E-state index >= 15 is 0 Å². The topological polar surface area (TPSA) is 48.0 Å². The van der Waals surface area contributed by atoms with Gasteiger partial charge >= 0.3 is 0 Å². The third-order valence-electron chi connectivity index (χ3n) is 3.73. The number of rotatable bonds is 6. The second kappa shape index (κ2) is 7.60. The zero-order valence-corrected chi connectivity index (χ0v) is 13.2. The summed E-state index contributed by atoms with van der Waals surface area (Å²) in [6.45, 7) is 4.91. The van der Waals surface area contributed by atoms with Crippen molar-refractivity contribution in [3.05, 3.63) is 36.5 Å². The molecule has 0 bridgehead atoms. The molecule has 3 heterocycles. The van der Waals surface area contributed by atoms with Crippen LogP contribution in [0.15, 0.2) is 35.7 Å². The van der Waals surface area contributed by atoms with Crippen LogP contribution in [-0.2, 0) is 0 Å². The summed E-state index contributed by atoms with van der Waals surface area (Å²) in [5.74, 6) is 1.40. The lowest BCUT2D eigenvalue weighted by Gasteiger charge is -2.35. The first-order valence-corrected chi connectivity index (χ1v) is 8.52. The van der Waals surface area contributed by atoms with Crippen LogP contribution in [0, 0.1) is 5.95 Å². The van der Waals surface area contributed by atoms with Crippen molar-refractivity contribution in [2.24, 2.45) is 0 Å². The highest BCUT2D eigenvalue weighted by Gasteiger charge is 2.17. The Hall–Kier alpha value is -1.60. The van der Waals surface area contributed by atoms with Gasteiger partial charge in [0.05, 0.1) is 0 Å². The van der Waals surface area contributed by atoms with Crippen molar-refractivity contribution in [2.45, 2.75) is 11.6 Å². The highest BCUT2D eigenvalue weighted by molar-refractivity contribution is 7.99. The minimum absolute atomic E-state index is 0.408. The van der Waals surface area contributed by atoms with Crippen molar-refractivity contribution < 1.29 is 4.39 Å². The smallest absolute Gasteiger partial charge is 0.214 e. The Bertz CT molecular complexity index is 569. The minimum Gasteiger partial charge on any atom is -0.354 e. The number of pyridine rings is 1. The number of piperazine rings is 1. The maximum atomic E-state index is 13.2. The summed E-state index contributed by atoms with van der Waals surface area (Å²) in [5, 5.41) is 0.988. The highest BCUT2D eigenvalue weighted by atomic mass is 32.2. The number of aromatic nitrogens is 3. The van der Waals surface area contributed by atoms with Crippen molar-refractivity contribution in [3.8, 4) is 0 Å². The summed E-state index contributed by atoms with van der Waals surface area (Å²) in [6.07, 6.45) is 4.77. The molecule has 2 aromatic rings. The molecule has 3 rings (SSSR count). The molecule has 5 nitrogen and oxygen atoms in total. The second-order valence-electron chi connectivity index (χ2n) is 5.24. The molecule has 2 aromatic heterocycles. The number of hydrogen-bond donors (Lipinski definition) is 1. The first-order valence-electron chi connectivity index (χ1n) is 7.53. The van der Waals surface area contributed by atoms with Crippen LogP contribution in [0.5, 0.6) is 0 Å². The number of hydrogen-bond acceptors (Lipinski definition) is 5. The summed E-state index contributed by atoms with van der Waals surface area (Å²) in [6, 6.07) is 4.98. The zero-order chi connectivity index (χ0) is 15.2. The SMILES string of the molecule is Fc1cccc(N2CCN(CCCSc3ncc[nH]3)CC2)n1. The third kappa shape index (κ3) is 4.20. The third-order valence-corrected chi connectivity index (χ3v) is 4.72. The van der Waals surface area contributed by atoms with Crippen molar-refractivity contribution in [1.29, 1.82) is 0 Å². The van der Waals surface area contributed by atoms with Gasteiger partial charge < -0.3 is 9.88 Å². The zero-order valence-electron chi connectivity index (χ0n) is 12.4. The molecule has 0 atom stereocenters. The van der Waals surface area contributed by atoms with Gasteiger partial charge in [0, 0.05) is 44.3 Å². The molecule has 0 amide bonds. The molecule has 1 aliphatic rings. The predicted molar refractivity (Wildman–Crippen MR) is 86.8 cm³/mol. The number of nitrogens with zero attached hydrogens (tertiary/aromatic N) is 4. The first-order chi connectivity index (χ1) is 10.8. The standard InChI is InChI=1S/C15H20FN5S/c16-13-3-1-4-14(19-13)21-10-8-20(9-11-21)7-2-12-22-15-17-5-6-18-15/h1,3-6H,2,7-12H2,(H,17,18). The molecular weight excluding hydrogens is 301 g/mol. The van der Waals surface area contributed by atoms with E-state index in [0.717, 1.165) is 55.9 Å². The number of halogens is 1. The van der Waals surface area contributed by atoms with Gasteiger partial charge in [-0.1, -0.05) is 17.8 Å². The van der Waals surface area contributed by atoms with Gasteiger partial charge in [-0.25, -0.2) is 9.97 Å². The van der Waals surface area contributed by atoms with Crippen LogP contribution >= 0.6 is 11.8 Å². The van der Waals surface area contributed by atoms with Crippen molar-refractivity contribution in [3.63, 3.8) is 0 Å². The van der Waals surface area contributed by atoms with Crippen molar-refractivity contribution in [1.82, 2.24) is 19.9 Å². The number of H-pyrrole nitrogens is 1. The van der Waals surface area contributed by atoms with E-state index in [1.165, 1.54) is 6.07 Å². The molecule has 0 saturated carbocycles. The maximum absolute atomic E-state index is 13.2. The highest BCUT2D eigenvalue weighted by Crippen LogP contribution is 2.15. The fraction of sp³-hybridized carbons (Fsp3) is 0.467. The van der Waals surface area contributed by atoms with Gasteiger partial charge in [-0.05, 0) is 25.1 Å². The lowest BCUT2D eigenvalue weighted by molar-refractivity contribution is 0.258. The summed E-state index contributed by atoms with van der Waals surface area (Å²) in [7, 11) is 0. The van der Waals surface area contributed by atoms with E-state index in [-0.39, 0.29) is 0 Å². The van der Waals surface area contributed by atoms with Crippen LogP contribution in [0.1, 0.15) is 6.42 Å². The molecular formula is C15H20FN5S. The fourth-order valence-electron chi connectivity index (χ4n) is 2.56. The normalized spacial score (nSPS) is 16.1. The Morgan fingerprint density at radius 3 is 2.82 bits per heavy atom. The van der Waals surface area contributed by atoms with Gasteiger partial charge in [-0.2, -0.15) is 4.39 Å². The van der Waals surface area contributed by atoms with E-state index < -0.39 is 5.95 Å². The molecule has 1 saturated heterocycles. The predicted octanol–water partition coefficient (Wildman–Crippen LogP) is 2.25. The average Bonchev–Trinajstić information content (AvgIpc) is 3.06. The largest absolute Gasteiger partial charge is 0.354 e. The number of anilines is 1. The van der Waals surface area contributed by atoms with Gasteiger partial charge in [0.25, 0.3) is 0 Å². The number of thioether (sulfide) groups is 1. The van der Waals surface area contributed by atoms with Crippen LogP contribution in [0.25, 0.3) is 0 Å². The van der Waals surface area contributed by atoms with E-state index in [4.69, 9.17) is 0 Å². The van der Waals surface area contributed by atoms with Gasteiger partial charge in [-0.3, -0.25) is 4.90 Å². The van der Waals surface area contributed by atoms with Crippen LogP contribution < -0.4 is 4.90 Å². The van der Waals surface area contributed by atoms with Gasteiger partial charge in [0.2, 0.25) is 5.95 Å². The molecule has 1 N–H and O–H groups in total. The first kappa shape index (κ1) is 15.3. The van der Waals surface area contributed by atoms with E-state index in [2.05, 4.69) is 24.8 Å². The fourth-order valence-corrected chi connectivity index (χ4v) is 3.31. The molecule has 0 aliphatic carbocycles. The molecule has 1 aliphatic heterocycles. The van der Waals surface area contributed by atoms with Crippen LogP contribution in [0.2, 0.25) is 0 Å². The maximum Gasteiger partial charge on any atom is 0.214 e. The summed E-state index contributed by atoms with van der Waals surface area (Å²) >= 11 is 1.76. The molecule has 7 heteroatoms. The van der Waals surface area contributed by atoms with Crippen molar-refractivity contribution in [2.75, 3.05) is 43.4 Å². The lowest BCUT2D eigenvalue weighted by Crippen LogP contribution is -2.47. The average molecular weight is 321 g/mol. The Morgan fingerprint density at radius 1 is 1.23 bits per heavy atom. The lowest BCUT2D eigenvalue weighted by atomic mass is 10.3. The number of imidazole rings is 1. The summed E-state index contributed by atoms with van der Waals surface area (Å²) in [5.41, 5.74) is 0. The Kier molecular flexibility index (Phi) is 5.29. The van der Waals surface area contributed by atoms with Gasteiger partial charge in [-0.15, -0.1) is 0 Å². The van der Waals surface area contributed by atoms with E-state index in [0.29, 0.717) is 0 Å². The van der Waals surface area contributed by atoms with Crippen molar-refractivity contribution >= 4 is 17.6 Å². The molecule has 118 valence electrons. The molecule has 0 aromatic carbocycles. The second-order valence-corrected chi connectivity index (χ2v) is 6.33. The van der Waals surface area contributed by atoms with Crippen LogP contribution in [-0.4, -0.2) is 58.3 Å². The number of aromatic amines is 1. The molecule has 0 spiro atoms. The Morgan fingerprint density at radius 2 is 2.09 bits per heavy atom. The van der Waals surface area contributed by atoms with Gasteiger partial charge in [0.15, 0.2) is 5.16 Å². The summed E-state index contributed by atoms with van der Waals surface area (Å²) < 4.78 is 13.2. The van der Waals surface area contributed by atoms with E-state index in [1.807, 2.05) is 12.3 Å².